The molecule has 0 spiro atoms. The van der Waals surface area contributed by atoms with Gasteiger partial charge >= 0.3 is 0 Å². The number of nitrogens with zero attached hydrogens (tertiary/aromatic N) is 1. The van der Waals surface area contributed by atoms with Crippen LogP contribution in [0.25, 0.3) is 11.0 Å². The van der Waals surface area contributed by atoms with Crippen molar-refractivity contribution < 1.29 is 22.4 Å². The summed E-state index contributed by atoms with van der Waals surface area (Å²) in [5.41, 5.74) is 0.725. The summed E-state index contributed by atoms with van der Waals surface area (Å²) in [7, 11) is -2.49. The molecule has 0 atom stereocenters. The van der Waals surface area contributed by atoms with E-state index in [0.29, 0.717) is 22.4 Å². The van der Waals surface area contributed by atoms with E-state index < -0.39 is 15.9 Å². The van der Waals surface area contributed by atoms with Gasteiger partial charge in [-0.3, -0.25) is 4.79 Å². The summed E-state index contributed by atoms with van der Waals surface area (Å²) >= 11 is 0. The summed E-state index contributed by atoms with van der Waals surface area (Å²) in [5, 5.41) is 7.27. The summed E-state index contributed by atoms with van der Waals surface area (Å²) < 4.78 is 36.3. The number of ether oxygens (including phenoxy) is 1. The number of methoxy groups -OCH3 is 1. The minimum absolute atomic E-state index is 0.0254. The number of para-hydroxylation sites is 2. The number of carbonyl (C=O) groups excluding carboxylic acids is 1. The van der Waals surface area contributed by atoms with Gasteiger partial charge in [-0.1, -0.05) is 48.5 Å². The summed E-state index contributed by atoms with van der Waals surface area (Å²) in [6, 6.07) is 23.4. The second-order valence-electron chi connectivity index (χ2n) is 6.68. The lowest BCUT2D eigenvalue weighted by molar-refractivity contribution is 0.102. The van der Waals surface area contributed by atoms with E-state index in [0.717, 1.165) is 0 Å². The number of benzene rings is 3. The highest BCUT2D eigenvalue weighted by atomic mass is 32.2. The van der Waals surface area contributed by atoms with Crippen molar-refractivity contribution in [3.63, 3.8) is 0 Å². The number of rotatable bonds is 6. The van der Waals surface area contributed by atoms with E-state index in [1.807, 2.05) is 6.07 Å². The zero-order valence-electron chi connectivity index (χ0n) is 17.0. The molecule has 1 heterocycles. The number of nitrogens with one attached hydrogen (secondary N) is 2. The highest BCUT2D eigenvalue weighted by Crippen LogP contribution is 2.24. The van der Waals surface area contributed by atoms with E-state index in [4.69, 9.17) is 9.15 Å². The number of amides is 1. The fraction of sp³-hybridized carbons (Fsp3) is 0.0435. The second-order valence-corrected chi connectivity index (χ2v) is 8.34. The van der Waals surface area contributed by atoms with Crippen LogP contribution in [0, 0.1) is 0 Å². The van der Waals surface area contributed by atoms with Crippen LogP contribution in [0.3, 0.4) is 0 Å². The molecule has 32 heavy (non-hydrogen) atoms. The van der Waals surface area contributed by atoms with Gasteiger partial charge in [-0.05, 0) is 36.4 Å². The number of hydrogen-bond donors (Lipinski definition) is 2. The van der Waals surface area contributed by atoms with Crippen molar-refractivity contribution in [1.82, 2.24) is 4.83 Å². The van der Waals surface area contributed by atoms with Crippen LogP contribution in [0.1, 0.15) is 10.4 Å². The van der Waals surface area contributed by atoms with Crippen LogP contribution in [-0.2, 0) is 10.0 Å². The molecule has 0 aliphatic carbocycles. The molecular weight excluding hydrogens is 430 g/mol. The van der Waals surface area contributed by atoms with Gasteiger partial charge in [0.2, 0.25) is 5.55 Å². The Balaban J connectivity index is 1.82. The Bertz CT molecular complexity index is 1430. The average molecular weight is 449 g/mol. The van der Waals surface area contributed by atoms with Crippen LogP contribution in [-0.4, -0.2) is 21.4 Å². The minimum atomic E-state index is -3.97. The Morgan fingerprint density at radius 2 is 1.62 bits per heavy atom. The summed E-state index contributed by atoms with van der Waals surface area (Å²) in [4.78, 5) is 15.1. The van der Waals surface area contributed by atoms with Crippen LogP contribution in [0.15, 0.2) is 99.3 Å². The first-order valence-electron chi connectivity index (χ1n) is 9.56. The lowest BCUT2D eigenvalue weighted by Crippen LogP contribution is -2.27. The normalized spacial score (nSPS) is 11.8. The van der Waals surface area contributed by atoms with Gasteiger partial charge in [-0.25, -0.2) is 0 Å². The van der Waals surface area contributed by atoms with E-state index >= 15 is 0 Å². The monoisotopic (exact) mass is 449 g/mol. The highest BCUT2D eigenvalue weighted by Gasteiger charge is 2.17. The van der Waals surface area contributed by atoms with Crippen molar-refractivity contribution in [2.75, 3.05) is 12.4 Å². The first-order valence-corrected chi connectivity index (χ1v) is 11.0. The maximum Gasteiger partial charge on any atom is 0.276 e. The molecule has 4 aromatic rings. The predicted octanol–water partition coefficient (Wildman–Crippen LogP) is 3.49. The SMILES string of the molecule is COc1cccc2cc(C(=O)Nc3ccccc3)c(=NNS(=O)(=O)c3ccccc3)oc12. The molecule has 9 heteroatoms. The van der Waals surface area contributed by atoms with Crippen molar-refractivity contribution in [2.24, 2.45) is 5.10 Å². The Morgan fingerprint density at radius 3 is 2.31 bits per heavy atom. The molecule has 0 unspecified atom stereocenters. The zero-order valence-corrected chi connectivity index (χ0v) is 17.8. The van der Waals surface area contributed by atoms with Gasteiger partial charge in [0.05, 0.1) is 12.0 Å². The van der Waals surface area contributed by atoms with Crippen molar-refractivity contribution in [3.05, 3.63) is 96.0 Å². The molecule has 8 nitrogen and oxygen atoms in total. The molecule has 0 saturated carbocycles. The molecule has 0 fully saturated rings. The van der Waals surface area contributed by atoms with E-state index in [1.165, 1.54) is 19.2 Å². The Labute approximate surface area is 184 Å². The fourth-order valence-electron chi connectivity index (χ4n) is 3.00. The molecule has 1 aromatic heterocycles. The molecule has 0 bridgehead atoms. The summed E-state index contributed by atoms with van der Waals surface area (Å²) in [6.07, 6.45) is 0. The van der Waals surface area contributed by atoms with Crippen molar-refractivity contribution in [1.29, 1.82) is 0 Å². The Morgan fingerprint density at radius 1 is 0.938 bits per heavy atom. The largest absolute Gasteiger partial charge is 0.493 e. The third-order valence-electron chi connectivity index (χ3n) is 4.56. The first kappa shape index (κ1) is 21.1. The molecule has 0 aliphatic heterocycles. The molecule has 0 radical (unpaired) electrons. The lowest BCUT2D eigenvalue weighted by Gasteiger charge is -2.09. The number of fused-ring (bicyclic) bond motifs is 1. The molecule has 0 aliphatic rings. The van der Waals surface area contributed by atoms with Crippen molar-refractivity contribution in [2.45, 2.75) is 4.90 Å². The lowest BCUT2D eigenvalue weighted by atomic mass is 10.1. The Kier molecular flexibility index (Phi) is 5.91. The Hall–Kier alpha value is -4.11. The number of hydrogen-bond acceptors (Lipinski definition) is 6. The van der Waals surface area contributed by atoms with Crippen LogP contribution >= 0.6 is 0 Å². The van der Waals surface area contributed by atoms with Crippen molar-refractivity contribution in [3.8, 4) is 5.75 Å². The predicted molar refractivity (Wildman–Crippen MR) is 119 cm³/mol. The zero-order chi connectivity index (χ0) is 22.6. The third kappa shape index (κ3) is 4.47. The molecule has 0 saturated heterocycles. The summed E-state index contributed by atoms with van der Waals surface area (Å²) in [6.45, 7) is 0. The van der Waals surface area contributed by atoms with Crippen molar-refractivity contribution >= 4 is 32.6 Å². The second kappa shape index (κ2) is 8.94. The maximum absolute atomic E-state index is 13.0. The minimum Gasteiger partial charge on any atom is -0.493 e. The topological polar surface area (TPSA) is 110 Å². The number of carbonyl (C=O) groups is 1. The van der Waals surface area contributed by atoms with Gasteiger partial charge in [-0.15, -0.1) is 5.10 Å². The van der Waals surface area contributed by atoms with E-state index in [-0.39, 0.29) is 16.0 Å². The van der Waals surface area contributed by atoms with Gasteiger partial charge < -0.3 is 14.5 Å². The van der Waals surface area contributed by atoms with Gasteiger partial charge in [0.1, 0.15) is 5.56 Å². The van der Waals surface area contributed by atoms with Gasteiger partial charge in [0, 0.05) is 11.1 Å². The smallest absolute Gasteiger partial charge is 0.276 e. The van der Waals surface area contributed by atoms with Gasteiger partial charge in [0.15, 0.2) is 11.3 Å². The molecule has 1 amide bonds. The van der Waals surface area contributed by atoms with Crippen LogP contribution in [0.2, 0.25) is 0 Å². The van der Waals surface area contributed by atoms with E-state index in [1.54, 1.807) is 66.7 Å². The summed E-state index contributed by atoms with van der Waals surface area (Å²) in [5.74, 6) is -0.0952. The maximum atomic E-state index is 13.0. The molecule has 3 aromatic carbocycles. The quantitative estimate of drug-likeness (QED) is 0.438. The highest BCUT2D eigenvalue weighted by molar-refractivity contribution is 7.89. The van der Waals surface area contributed by atoms with E-state index in [2.05, 4.69) is 15.2 Å². The standard InChI is InChI=1S/C23H19N3O5S/c1-30-20-14-8-9-16-15-19(22(27)24-17-10-4-2-5-11-17)23(31-21(16)20)25-26-32(28,29)18-12-6-3-7-13-18/h2-15,26H,1H3,(H,24,27). The number of sulfonamides is 1. The number of anilines is 1. The molecule has 2 N–H and O–H groups in total. The molecule has 4 rings (SSSR count). The molecule has 162 valence electrons. The van der Waals surface area contributed by atoms with Crippen LogP contribution in [0.5, 0.6) is 5.75 Å². The van der Waals surface area contributed by atoms with Gasteiger partial charge in [-0.2, -0.15) is 13.2 Å². The van der Waals surface area contributed by atoms with Gasteiger partial charge in [0.25, 0.3) is 15.9 Å². The van der Waals surface area contributed by atoms with Crippen LogP contribution in [0.4, 0.5) is 5.69 Å². The molecular formula is C23H19N3O5S. The third-order valence-corrected chi connectivity index (χ3v) is 5.78. The first-order chi connectivity index (χ1) is 15.5. The average Bonchev–Trinajstić information content (AvgIpc) is 2.83. The van der Waals surface area contributed by atoms with E-state index in [9.17, 15) is 13.2 Å². The fourth-order valence-corrected chi connectivity index (χ4v) is 3.83. The van der Waals surface area contributed by atoms with Crippen LogP contribution < -0.4 is 20.4 Å².